The van der Waals surface area contributed by atoms with Crippen LogP contribution in [0.1, 0.15) is 20.8 Å². The zero-order chi connectivity index (χ0) is 8.36. The van der Waals surface area contributed by atoms with E-state index in [-0.39, 0.29) is 0 Å². The summed E-state index contributed by atoms with van der Waals surface area (Å²) in [6, 6.07) is 0. The summed E-state index contributed by atoms with van der Waals surface area (Å²) in [7, 11) is 0. The van der Waals surface area contributed by atoms with Crippen LogP contribution in [-0.2, 0) is 9.53 Å². The lowest BCUT2D eigenvalue weighted by molar-refractivity contribution is -0.162. The van der Waals surface area contributed by atoms with Crippen molar-refractivity contribution in [3.05, 3.63) is 6.92 Å². The smallest absolute Gasteiger partial charge is 0.335 e. The van der Waals surface area contributed by atoms with Crippen molar-refractivity contribution in [2.24, 2.45) is 0 Å². The number of rotatable bonds is 1. The maximum absolute atomic E-state index is 10.6. The van der Waals surface area contributed by atoms with Gasteiger partial charge < -0.3 is 9.84 Å². The fourth-order valence-electron chi connectivity index (χ4n) is 0.370. The van der Waals surface area contributed by atoms with Crippen LogP contribution < -0.4 is 0 Å². The SMILES string of the molecule is [CH2]C(O)C(=O)OC(C)(C)C. The molecule has 0 aliphatic rings. The molecule has 59 valence electrons. The van der Waals surface area contributed by atoms with E-state index in [1.54, 1.807) is 20.8 Å². The lowest BCUT2D eigenvalue weighted by atomic mass is 10.2. The van der Waals surface area contributed by atoms with E-state index in [2.05, 4.69) is 6.92 Å². The molecule has 0 aliphatic heterocycles. The number of aliphatic hydroxyl groups excluding tert-OH is 1. The van der Waals surface area contributed by atoms with Crippen molar-refractivity contribution < 1.29 is 14.6 Å². The highest BCUT2D eigenvalue weighted by Gasteiger charge is 2.19. The third-order valence-electron chi connectivity index (χ3n) is 0.679. The highest BCUT2D eigenvalue weighted by Crippen LogP contribution is 2.07. The summed E-state index contributed by atoms with van der Waals surface area (Å²) >= 11 is 0. The third-order valence-corrected chi connectivity index (χ3v) is 0.679. The third kappa shape index (κ3) is 4.32. The second-order valence-electron chi connectivity index (χ2n) is 3.05. The molecule has 0 rings (SSSR count). The quantitative estimate of drug-likeness (QED) is 0.547. The number of hydrogen-bond donors (Lipinski definition) is 1. The topological polar surface area (TPSA) is 46.5 Å². The second kappa shape index (κ2) is 3.01. The molecule has 0 heterocycles. The van der Waals surface area contributed by atoms with Gasteiger partial charge in [-0.05, 0) is 27.7 Å². The van der Waals surface area contributed by atoms with E-state index in [1.165, 1.54) is 0 Å². The van der Waals surface area contributed by atoms with Crippen LogP contribution in [0.4, 0.5) is 0 Å². The summed E-state index contributed by atoms with van der Waals surface area (Å²) in [4.78, 5) is 10.6. The molecule has 1 unspecified atom stereocenters. The van der Waals surface area contributed by atoms with Crippen LogP contribution in [0.2, 0.25) is 0 Å². The second-order valence-corrected chi connectivity index (χ2v) is 3.05. The minimum absolute atomic E-state index is 0.546. The van der Waals surface area contributed by atoms with Crippen molar-refractivity contribution >= 4 is 5.97 Å². The molecule has 0 spiro atoms. The van der Waals surface area contributed by atoms with Crippen LogP contribution in [0, 0.1) is 6.92 Å². The molecule has 1 radical (unpaired) electrons. The van der Waals surface area contributed by atoms with Crippen LogP contribution in [-0.4, -0.2) is 22.8 Å². The van der Waals surface area contributed by atoms with E-state index >= 15 is 0 Å². The van der Waals surface area contributed by atoms with E-state index in [0.717, 1.165) is 0 Å². The summed E-state index contributed by atoms with van der Waals surface area (Å²) in [5, 5.41) is 8.60. The zero-order valence-corrected chi connectivity index (χ0v) is 6.55. The van der Waals surface area contributed by atoms with Gasteiger partial charge in [0.15, 0.2) is 6.10 Å². The van der Waals surface area contributed by atoms with E-state index in [4.69, 9.17) is 9.84 Å². The molecule has 0 aromatic carbocycles. The summed E-state index contributed by atoms with van der Waals surface area (Å²) in [6.45, 7) is 8.29. The van der Waals surface area contributed by atoms with Crippen molar-refractivity contribution in [3.8, 4) is 0 Å². The van der Waals surface area contributed by atoms with Gasteiger partial charge in [-0.15, -0.1) is 0 Å². The van der Waals surface area contributed by atoms with Crippen LogP contribution in [0.3, 0.4) is 0 Å². The molecule has 1 atom stereocenters. The largest absolute Gasteiger partial charge is 0.458 e. The van der Waals surface area contributed by atoms with Gasteiger partial charge in [0, 0.05) is 0 Å². The number of ether oxygens (including phenoxy) is 1. The van der Waals surface area contributed by atoms with Gasteiger partial charge in [0.05, 0.1) is 0 Å². The molecule has 10 heavy (non-hydrogen) atoms. The van der Waals surface area contributed by atoms with Crippen molar-refractivity contribution in [1.29, 1.82) is 0 Å². The normalized spacial score (nSPS) is 14.5. The molecule has 0 amide bonds. The Morgan fingerprint density at radius 3 is 2.10 bits per heavy atom. The van der Waals surface area contributed by atoms with Crippen LogP contribution in [0.25, 0.3) is 0 Å². The first-order chi connectivity index (χ1) is 4.33. The molecular weight excluding hydrogens is 132 g/mol. The Bertz CT molecular complexity index is 121. The first-order valence-corrected chi connectivity index (χ1v) is 3.07. The molecule has 0 saturated heterocycles. The number of carbonyl (C=O) groups is 1. The van der Waals surface area contributed by atoms with E-state index < -0.39 is 17.7 Å². The van der Waals surface area contributed by atoms with Crippen LogP contribution >= 0.6 is 0 Å². The fourth-order valence-corrected chi connectivity index (χ4v) is 0.370. The standard InChI is InChI=1S/C7H13O3/c1-5(8)6(9)10-7(2,3)4/h5,8H,1H2,2-4H3. The maximum Gasteiger partial charge on any atom is 0.335 e. The summed E-state index contributed by atoms with van der Waals surface area (Å²) in [5.41, 5.74) is -0.546. The Morgan fingerprint density at radius 1 is 1.60 bits per heavy atom. The Hall–Kier alpha value is -0.570. The molecule has 0 bridgehead atoms. The van der Waals surface area contributed by atoms with Gasteiger partial charge in [0.25, 0.3) is 0 Å². The van der Waals surface area contributed by atoms with Crippen LogP contribution in [0.5, 0.6) is 0 Å². The Balaban J connectivity index is 3.81. The lowest BCUT2D eigenvalue weighted by Gasteiger charge is -2.20. The van der Waals surface area contributed by atoms with E-state index in [9.17, 15) is 4.79 Å². The average Bonchev–Trinajstić information content (AvgIpc) is 1.60. The molecular formula is C7H13O3. The fraction of sp³-hybridized carbons (Fsp3) is 0.714. The molecule has 0 saturated carbocycles. The summed E-state index contributed by atoms with van der Waals surface area (Å²) < 4.78 is 4.75. The maximum atomic E-state index is 10.6. The van der Waals surface area contributed by atoms with Gasteiger partial charge in [-0.1, -0.05) is 0 Å². The predicted octanol–water partition coefficient (Wildman–Crippen LogP) is 0.523. The van der Waals surface area contributed by atoms with Gasteiger partial charge in [-0.2, -0.15) is 0 Å². The van der Waals surface area contributed by atoms with Gasteiger partial charge in [-0.25, -0.2) is 4.79 Å². The van der Waals surface area contributed by atoms with Gasteiger partial charge in [-0.3, -0.25) is 0 Å². The Kier molecular flexibility index (Phi) is 2.84. The molecule has 0 aromatic heterocycles. The van der Waals surface area contributed by atoms with Crippen molar-refractivity contribution in [2.75, 3.05) is 0 Å². The molecule has 0 aliphatic carbocycles. The molecule has 3 nitrogen and oxygen atoms in total. The molecule has 0 fully saturated rings. The number of carbonyl (C=O) groups excluding carboxylic acids is 1. The highest BCUT2D eigenvalue weighted by atomic mass is 16.6. The average molecular weight is 145 g/mol. The van der Waals surface area contributed by atoms with Crippen molar-refractivity contribution in [2.45, 2.75) is 32.5 Å². The first-order valence-electron chi connectivity index (χ1n) is 3.07. The predicted molar refractivity (Wildman–Crippen MR) is 37.2 cm³/mol. The van der Waals surface area contributed by atoms with Gasteiger partial charge in [0.2, 0.25) is 0 Å². The minimum Gasteiger partial charge on any atom is -0.458 e. The number of esters is 1. The van der Waals surface area contributed by atoms with Crippen molar-refractivity contribution in [1.82, 2.24) is 0 Å². The van der Waals surface area contributed by atoms with Gasteiger partial charge >= 0.3 is 5.97 Å². The Labute approximate surface area is 61.0 Å². The summed E-state index contributed by atoms with van der Waals surface area (Å²) in [6.07, 6.45) is -1.28. The Morgan fingerprint density at radius 2 is 2.00 bits per heavy atom. The van der Waals surface area contributed by atoms with Gasteiger partial charge in [0.1, 0.15) is 5.60 Å². The minimum atomic E-state index is -1.28. The molecule has 3 heteroatoms. The lowest BCUT2D eigenvalue weighted by Crippen LogP contribution is -2.30. The highest BCUT2D eigenvalue weighted by molar-refractivity contribution is 5.75. The number of aliphatic hydroxyl groups is 1. The monoisotopic (exact) mass is 145 g/mol. The van der Waals surface area contributed by atoms with E-state index in [1.807, 2.05) is 0 Å². The molecule has 1 N–H and O–H groups in total. The number of hydrogen-bond acceptors (Lipinski definition) is 3. The summed E-state index contributed by atoms with van der Waals surface area (Å²) in [5.74, 6) is -0.688. The molecule has 0 aromatic rings. The zero-order valence-electron chi connectivity index (χ0n) is 6.55. The van der Waals surface area contributed by atoms with E-state index in [0.29, 0.717) is 0 Å². The van der Waals surface area contributed by atoms with Crippen LogP contribution in [0.15, 0.2) is 0 Å². The first kappa shape index (κ1) is 9.43. The van der Waals surface area contributed by atoms with Crippen molar-refractivity contribution in [3.63, 3.8) is 0 Å².